The fourth-order valence-electron chi connectivity index (χ4n) is 3.07. The standard InChI is InChI=1S/C18H21BrN2/c1-14-4-2-5-15(12-14)18(21-10-8-20-9-11-21)16-6-3-7-17(19)13-16/h2-7,12-13,18,20H,8-11H2,1H3. The zero-order valence-electron chi connectivity index (χ0n) is 12.3. The highest BCUT2D eigenvalue weighted by atomic mass is 79.9. The van der Waals surface area contributed by atoms with Gasteiger partial charge >= 0.3 is 0 Å². The summed E-state index contributed by atoms with van der Waals surface area (Å²) in [5.74, 6) is 0. The summed E-state index contributed by atoms with van der Waals surface area (Å²) in [4.78, 5) is 2.58. The fraction of sp³-hybridized carbons (Fsp3) is 0.333. The molecule has 1 atom stereocenters. The highest BCUT2D eigenvalue weighted by Gasteiger charge is 2.23. The van der Waals surface area contributed by atoms with Gasteiger partial charge in [0.15, 0.2) is 0 Å². The third-order valence-electron chi connectivity index (χ3n) is 4.04. The van der Waals surface area contributed by atoms with E-state index in [1.807, 2.05) is 0 Å². The molecule has 3 rings (SSSR count). The number of hydrogen-bond donors (Lipinski definition) is 1. The average molecular weight is 345 g/mol. The van der Waals surface area contributed by atoms with Crippen LogP contribution in [0.15, 0.2) is 53.0 Å². The van der Waals surface area contributed by atoms with E-state index >= 15 is 0 Å². The van der Waals surface area contributed by atoms with Crippen LogP contribution in [0.3, 0.4) is 0 Å². The first-order chi connectivity index (χ1) is 10.2. The molecule has 21 heavy (non-hydrogen) atoms. The Morgan fingerprint density at radius 2 is 1.67 bits per heavy atom. The lowest BCUT2D eigenvalue weighted by Crippen LogP contribution is -2.45. The molecule has 110 valence electrons. The first kappa shape index (κ1) is 14.8. The summed E-state index contributed by atoms with van der Waals surface area (Å²) in [7, 11) is 0. The zero-order chi connectivity index (χ0) is 14.7. The lowest BCUT2D eigenvalue weighted by atomic mass is 9.95. The van der Waals surface area contributed by atoms with E-state index in [2.05, 4.69) is 81.6 Å². The molecule has 1 fully saturated rings. The quantitative estimate of drug-likeness (QED) is 0.911. The minimum Gasteiger partial charge on any atom is -0.314 e. The van der Waals surface area contributed by atoms with Crippen molar-refractivity contribution in [3.63, 3.8) is 0 Å². The molecule has 3 heteroatoms. The summed E-state index contributed by atoms with van der Waals surface area (Å²) in [5.41, 5.74) is 4.06. The molecule has 1 N–H and O–H groups in total. The van der Waals surface area contributed by atoms with E-state index in [-0.39, 0.29) is 0 Å². The maximum Gasteiger partial charge on any atom is 0.0603 e. The summed E-state index contributed by atoms with van der Waals surface area (Å²) in [6.07, 6.45) is 0. The zero-order valence-corrected chi connectivity index (χ0v) is 13.9. The predicted molar refractivity (Wildman–Crippen MR) is 91.6 cm³/mol. The first-order valence-corrected chi connectivity index (χ1v) is 8.30. The van der Waals surface area contributed by atoms with E-state index in [1.54, 1.807) is 0 Å². The topological polar surface area (TPSA) is 15.3 Å². The van der Waals surface area contributed by atoms with E-state index in [0.29, 0.717) is 6.04 Å². The van der Waals surface area contributed by atoms with Gasteiger partial charge in [0.2, 0.25) is 0 Å². The monoisotopic (exact) mass is 344 g/mol. The molecule has 1 unspecified atom stereocenters. The number of piperazine rings is 1. The molecule has 1 aliphatic heterocycles. The SMILES string of the molecule is Cc1cccc(C(c2cccc(Br)c2)N2CCNCC2)c1. The summed E-state index contributed by atoms with van der Waals surface area (Å²) in [6.45, 7) is 6.47. The van der Waals surface area contributed by atoms with Crippen molar-refractivity contribution < 1.29 is 0 Å². The number of aryl methyl sites for hydroxylation is 1. The van der Waals surface area contributed by atoms with Gasteiger partial charge in [-0.05, 0) is 30.2 Å². The molecule has 2 nitrogen and oxygen atoms in total. The maximum absolute atomic E-state index is 3.61. The van der Waals surface area contributed by atoms with Gasteiger partial charge in [0.05, 0.1) is 6.04 Å². The lowest BCUT2D eigenvalue weighted by Gasteiger charge is -2.35. The molecule has 0 aromatic heterocycles. The summed E-state index contributed by atoms with van der Waals surface area (Å²) < 4.78 is 1.15. The Labute approximate surface area is 135 Å². The Balaban J connectivity index is 2.01. The van der Waals surface area contributed by atoms with Crippen LogP contribution < -0.4 is 5.32 Å². The molecule has 0 amide bonds. The van der Waals surface area contributed by atoms with Crippen LogP contribution in [0.2, 0.25) is 0 Å². The Morgan fingerprint density at radius 1 is 1.00 bits per heavy atom. The third kappa shape index (κ3) is 3.54. The summed E-state index contributed by atoms with van der Waals surface area (Å²) in [6, 6.07) is 17.9. The van der Waals surface area contributed by atoms with E-state index < -0.39 is 0 Å². The van der Waals surface area contributed by atoms with Gasteiger partial charge < -0.3 is 5.32 Å². The Bertz CT molecular complexity index is 560. The second-order valence-electron chi connectivity index (χ2n) is 5.66. The van der Waals surface area contributed by atoms with E-state index in [1.165, 1.54) is 16.7 Å². The molecule has 0 aliphatic carbocycles. The molecular weight excluding hydrogens is 324 g/mol. The number of nitrogens with one attached hydrogen (secondary N) is 1. The van der Waals surface area contributed by atoms with Gasteiger partial charge in [-0.2, -0.15) is 0 Å². The largest absolute Gasteiger partial charge is 0.314 e. The number of halogens is 1. The Hall–Kier alpha value is -1.16. The van der Waals surface area contributed by atoms with Crippen molar-refractivity contribution in [3.05, 3.63) is 69.7 Å². The van der Waals surface area contributed by atoms with Gasteiger partial charge in [-0.25, -0.2) is 0 Å². The van der Waals surface area contributed by atoms with Crippen molar-refractivity contribution in [2.24, 2.45) is 0 Å². The number of hydrogen-bond acceptors (Lipinski definition) is 2. The van der Waals surface area contributed by atoms with Crippen molar-refractivity contribution in [1.29, 1.82) is 0 Å². The minimum absolute atomic E-state index is 0.338. The Kier molecular flexibility index (Phi) is 4.73. The van der Waals surface area contributed by atoms with Crippen LogP contribution in [-0.4, -0.2) is 31.1 Å². The molecule has 1 aliphatic rings. The van der Waals surface area contributed by atoms with Crippen molar-refractivity contribution in [2.75, 3.05) is 26.2 Å². The number of nitrogens with zero attached hydrogens (tertiary/aromatic N) is 1. The molecule has 0 bridgehead atoms. The molecule has 1 saturated heterocycles. The highest BCUT2D eigenvalue weighted by Crippen LogP contribution is 2.30. The van der Waals surface area contributed by atoms with E-state index in [9.17, 15) is 0 Å². The van der Waals surface area contributed by atoms with E-state index in [4.69, 9.17) is 0 Å². The normalized spacial score (nSPS) is 17.6. The van der Waals surface area contributed by atoms with Crippen molar-refractivity contribution in [1.82, 2.24) is 10.2 Å². The van der Waals surface area contributed by atoms with Crippen LogP contribution in [0, 0.1) is 6.92 Å². The van der Waals surface area contributed by atoms with Crippen LogP contribution >= 0.6 is 15.9 Å². The fourth-order valence-corrected chi connectivity index (χ4v) is 3.49. The minimum atomic E-state index is 0.338. The van der Waals surface area contributed by atoms with Gasteiger partial charge in [-0.3, -0.25) is 4.90 Å². The van der Waals surface area contributed by atoms with Crippen LogP contribution in [0.4, 0.5) is 0 Å². The van der Waals surface area contributed by atoms with E-state index in [0.717, 1.165) is 30.7 Å². The van der Waals surface area contributed by atoms with Gasteiger partial charge in [-0.15, -0.1) is 0 Å². The second-order valence-corrected chi connectivity index (χ2v) is 6.57. The van der Waals surface area contributed by atoms with Gasteiger partial charge in [0, 0.05) is 30.7 Å². The summed E-state index contributed by atoms with van der Waals surface area (Å²) >= 11 is 3.61. The van der Waals surface area contributed by atoms with Gasteiger partial charge in [0.25, 0.3) is 0 Å². The molecule has 1 heterocycles. The lowest BCUT2D eigenvalue weighted by molar-refractivity contribution is 0.198. The van der Waals surface area contributed by atoms with Crippen molar-refractivity contribution in [2.45, 2.75) is 13.0 Å². The highest BCUT2D eigenvalue weighted by molar-refractivity contribution is 9.10. The molecule has 0 spiro atoms. The van der Waals surface area contributed by atoms with Crippen molar-refractivity contribution in [3.8, 4) is 0 Å². The molecular formula is C18H21BrN2. The Morgan fingerprint density at radius 3 is 2.33 bits per heavy atom. The predicted octanol–water partition coefficient (Wildman–Crippen LogP) is 3.75. The first-order valence-electron chi connectivity index (χ1n) is 7.51. The molecule has 2 aromatic carbocycles. The van der Waals surface area contributed by atoms with Gasteiger partial charge in [0.1, 0.15) is 0 Å². The average Bonchev–Trinajstić information content (AvgIpc) is 2.49. The van der Waals surface area contributed by atoms with Crippen molar-refractivity contribution >= 4 is 15.9 Å². The van der Waals surface area contributed by atoms with Crippen LogP contribution in [0.5, 0.6) is 0 Å². The third-order valence-corrected chi connectivity index (χ3v) is 4.53. The second kappa shape index (κ2) is 6.73. The van der Waals surface area contributed by atoms with Crippen LogP contribution in [0.1, 0.15) is 22.7 Å². The summed E-state index contributed by atoms with van der Waals surface area (Å²) in [5, 5.41) is 3.44. The smallest absolute Gasteiger partial charge is 0.0603 e. The van der Waals surface area contributed by atoms with Crippen LogP contribution in [-0.2, 0) is 0 Å². The molecule has 0 saturated carbocycles. The molecule has 0 radical (unpaired) electrons. The van der Waals surface area contributed by atoms with Crippen LogP contribution in [0.25, 0.3) is 0 Å². The number of benzene rings is 2. The number of rotatable bonds is 3. The van der Waals surface area contributed by atoms with Gasteiger partial charge in [-0.1, -0.05) is 57.9 Å². The maximum atomic E-state index is 3.61. The molecule has 2 aromatic rings.